The molecular weight excluding hydrogens is 311 g/mol. The first-order valence-corrected chi connectivity index (χ1v) is 7.11. The van der Waals surface area contributed by atoms with Crippen LogP contribution in [0, 0.1) is 15.9 Å². The molecule has 17 heavy (non-hydrogen) atoms. The van der Waals surface area contributed by atoms with Gasteiger partial charge in [-0.15, -0.1) is 0 Å². The summed E-state index contributed by atoms with van der Waals surface area (Å²) in [6, 6.07) is 2.31. The molecular formula is C10H12BrFN2O2S. The van der Waals surface area contributed by atoms with Crippen LogP contribution in [0.4, 0.5) is 15.8 Å². The number of nitro benzene ring substituents is 1. The summed E-state index contributed by atoms with van der Waals surface area (Å²) in [5.74, 6) is 0.342. The number of nitro groups is 1. The zero-order valence-electron chi connectivity index (χ0n) is 9.20. The van der Waals surface area contributed by atoms with Crippen molar-refractivity contribution in [2.45, 2.75) is 6.42 Å². The third-order valence-electron chi connectivity index (χ3n) is 2.08. The Morgan fingerprint density at radius 2 is 2.29 bits per heavy atom. The highest BCUT2D eigenvalue weighted by Crippen LogP contribution is 2.30. The number of benzene rings is 1. The van der Waals surface area contributed by atoms with Crippen LogP contribution in [0.25, 0.3) is 0 Å². The molecule has 0 spiro atoms. The van der Waals surface area contributed by atoms with Crippen LogP contribution in [0.2, 0.25) is 0 Å². The minimum Gasteiger partial charge on any atom is -0.379 e. The van der Waals surface area contributed by atoms with E-state index in [-0.39, 0.29) is 10.2 Å². The Bertz CT molecular complexity index is 418. The van der Waals surface area contributed by atoms with Crippen LogP contribution in [0.15, 0.2) is 16.6 Å². The summed E-state index contributed by atoms with van der Waals surface area (Å²) in [4.78, 5) is 10.2. The molecule has 1 aromatic rings. The van der Waals surface area contributed by atoms with Crippen LogP contribution in [0.1, 0.15) is 6.42 Å². The van der Waals surface area contributed by atoms with Crippen molar-refractivity contribution in [3.8, 4) is 0 Å². The highest BCUT2D eigenvalue weighted by Gasteiger charge is 2.17. The zero-order valence-corrected chi connectivity index (χ0v) is 11.6. The SMILES string of the molecule is CSCCCNc1cc(Br)c(F)cc1[N+](=O)[O-]. The lowest BCUT2D eigenvalue weighted by Crippen LogP contribution is -2.05. The Kier molecular flexibility index (Phi) is 5.70. The third-order valence-corrected chi connectivity index (χ3v) is 3.38. The molecule has 4 nitrogen and oxygen atoms in total. The van der Waals surface area contributed by atoms with Crippen molar-refractivity contribution in [2.24, 2.45) is 0 Å². The van der Waals surface area contributed by atoms with Crippen LogP contribution in [-0.2, 0) is 0 Å². The van der Waals surface area contributed by atoms with Gasteiger partial charge in [0.1, 0.15) is 11.5 Å². The summed E-state index contributed by atoms with van der Waals surface area (Å²) in [6.45, 7) is 0.625. The van der Waals surface area contributed by atoms with Crippen molar-refractivity contribution in [3.63, 3.8) is 0 Å². The smallest absolute Gasteiger partial charge is 0.295 e. The molecule has 0 radical (unpaired) electrons. The maximum Gasteiger partial charge on any atom is 0.295 e. The van der Waals surface area contributed by atoms with Crippen molar-refractivity contribution in [2.75, 3.05) is 23.9 Å². The zero-order chi connectivity index (χ0) is 12.8. The molecule has 1 N–H and O–H groups in total. The van der Waals surface area contributed by atoms with Gasteiger partial charge in [0.2, 0.25) is 0 Å². The van der Waals surface area contributed by atoms with Crippen LogP contribution in [0.5, 0.6) is 0 Å². The third kappa shape index (κ3) is 4.16. The number of hydrogen-bond donors (Lipinski definition) is 1. The second-order valence-electron chi connectivity index (χ2n) is 3.31. The Morgan fingerprint density at radius 1 is 1.59 bits per heavy atom. The monoisotopic (exact) mass is 322 g/mol. The Hall–Kier alpha value is -0.820. The van der Waals surface area contributed by atoms with E-state index in [1.54, 1.807) is 11.8 Å². The quantitative estimate of drug-likeness (QED) is 0.493. The van der Waals surface area contributed by atoms with Crippen molar-refractivity contribution in [1.29, 1.82) is 0 Å². The fraction of sp³-hybridized carbons (Fsp3) is 0.400. The second kappa shape index (κ2) is 6.80. The molecule has 94 valence electrons. The predicted octanol–water partition coefficient (Wildman–Crippen LogP) is 3.66. The Morgan fingerprint density at radius 3 is 2.88 bits per heavy atom. The minimum atomic E-state index is -0.633. The van der Waals surface area contributed by atoms with E-state index in [0.717, 1.165) is 18.2 Å². The number of halogens is 2. The van der Waals surface area contributed by atoms with E-state index < -0.39 is 10.7 Å². The standard InChI is InChI=1S/C10H12BrFN2O2S/c1-17-4-2-3-13-9-5-7(11)8(12)6-10(9)14(15)16/h5-6,13H,2-4H2,1H3. The van der Waals surface area contributed by atoms with Crippen molar-refractivity contribution >= 4 is 39.1 Å². The average Bonchev–Trinajstić information content (AvgIpc) is 2.28. The summed E-state index contributed by atoms with van der Waals surface area (Å²) in [5.41, 5.74) is 0.0965. The molecule has 0 fully saturated rings. The predicted molar refractivity (Wildman–Crippen MR) is 72.2 cm³/mol. The highest BCUT2D eigenvalue weighted by atomic mass is 79.9. The molecule has 0 unspecified atom stereocenters. The van der Waals surface area contributed by atoms with Crippen molar-refractivity contribution in [1.82, 2.24) is 0 Å². The van der Waals surface area contributed by atoms with Gasteiger partial charge >= 0.3 is 0 Å². The van der Waals surface area contributed by atoms with E-state index in [2.05, 4.69) is 21.2 Å². The lowest BCUT2D eigenvalue weighted by molar-refractivity contribution is -0.384. The molecule has 0 heterocycles. The normalized spacial score (nSPS) is 10.3. The average molecular weight is 323 g/mol. The van der Waals surface area contributed by atoms with Crippen LogP contribution in [-0.4, -0.2) is 23.5 Å². The van der Waals surface area contributed by atoms with Gasteiger partial charge in [0, 0.05) is 6.54 Å². The van der Waals surface area contributed by atoms with Gasteiger partial charge in [-0.1, -0.05) is 0 Å². The molecule has 0 saturated carbocycles. The molecule has 7 heteroatoms. The number of hydrogen-bond acceptors (Lipinski definition) is 4. The fourth-order valence-corrected chi connectivity index (χ4v) is 2.04. The van der Waals surface area contributed by atoms with E-state index in [1.807, 2.05) is 6.26 Å². The van der Waals surface area contributed by atoms with Crippen LogP contribution >= 0.6 is 27.7 Å². The first kappa shape index (κ1) is 14.2. The van der Waals surface area contributed by atoms with Gasteiger partial charge in [0.25, 0.3) is 5.69 Å². The molecule has 0 saturated heterocycles. The molecule has 0 aliphatic carbocycles. The largest absolute Gasteiger partial charge is 0.379 e. The Balaban J connectivity index is 2.81. The topological polar surface area (TPSA) is 55.2 Å². The first-order chi connectivity index (χ1) is 8.06. The molecule has 0 aliphatic rings. The van der Waals surface area contributed by atoms with Crippen LogP contribution in [0.3, 0.4) is 0 Å². The van der Waals surface area contributed by atoms with E-state index in [1.165, 1.54) is 6.07 Å². The number of nitrogens with zero attached hydrogens (tertiary/aromatic N) is 1. The van der Waals surface area contributed by atoms with Gasteiger partial charge < -0.3 is 5.32 Å². The molecule has 0 aromatic heterocycles. The lowest BCUT2D eigenvalue weighted by atomic mass is 10.2. The van der Waals surface area contributed by atoms with Crippen molar-refractivity contribution < 1.29 is 9.31 Å². The summed E-state index contributed by atoms with van der Waals surface area (Å²) in [5, 5.41) is 13.7. The first-order valence-electron chi connectivity index (χ1n) is 4.92. The molecule has 0 atom stereocenters. The van der Waals surface area contributed by atoms with Gasteiger partial charge in [-0.25, -0.2) is 4.39 Å². The number of anilines is 1. The van der Waals surface area contributed by atoms with Gasteiger partial charge in [-0.05, 0) is 40.4 Å². The van der Waals surface area contributed by atoms with Gasteiger partial charge in [0.15, 0.2) is 0 Å². The molecule has 0 aliphatic heterocycles. The number of nitrogens with one attached hydrogen (secondary N) is 1. The summed E-state index contributed by atoms with van der Waals surface area (Å²) in [6.07, 6.45) is 2.89. The maximum absolute atomic E-state index is 13.2. The molecule has 0 amide bonds. The highest BCUT2D eigenvalue weighted by molar-refractivity contribution is 9.10. The number of thioether (sulfide) groups is 1. The van der Waals surface area contributed by atoms with Gasteiger partial charge in [-0.2, -0.15) is 11.8 Å². The summed E-state index contributed by atoms with van der Waals surface area (Å²) < 4.78 is 13.4. The van der Waals surface area contributed by atoms with Gasteiger partial charge in [-0.3, -0.25) is 10.1 Å². The molecule has 1 aromatic carbocycles. The fourth-order valence-electron chi connectivity index (χ4n) is 1.27. The summed E-state index contributed by atoms with van der Waals surface area (Å²) >= 11 is 4.72. The molecule has 0 bridgehead atoms. The van der Waals surface area contributed by atoms with Crippen molar-refractivity contribution in [3.05, 3.63) is 32.5 Å². The van der Waals surface area contributed by atoms with E-state index in [0.29, 0.717) is 12.2 Å². The summed E-state index contributed by atoms with van der Waals surface area (Å²) in [7, 11) is 0. The minimum absolute atomic E-state index is 0.218. The molecule has 1 rings (SSSR count). The second-order valence-corrected chi connectivity index (χ2v) is 5.15. The van der Waals surface area contributed by atoms with E-state index >= 15 is 0 Å². The van der Waals surface area contributed by atoms with E-state index in [9.17, 15) is 14.5 Å². The van der Waals surface area contributed by atoms with E-state index in [4.69, 9.17) is 0 Å². The number of rotatable bonds is 6. The maximum atomic E-state index is 13.2. The van der Waals surface area contributed by atoms with Crippen LogP contribution < -0.4 is 5.32 Å². The Labute approximate surface area is 111 Å². The lowest BCUT2D eigenvalue weighted by Gasteiger charge is -2.07. The van der Waals surface area contributed by atoms with Gasteiger partial charge in [0.05, 0.1) is 15.5 Å².